The van der Waals surface area contributed by atoms with Gasteiger partial charge in [-0.25, -0.2) is 15.3 Å². The van der Waals surface area contributed by atoms with Crippen LogP contribution in [0.5, 0.6) is 0 Å². The zero-order chi connectivity index (χ0) is 15.9. The number of urea groups is 1. The number of methoxy groups -OCH3 is 1. The van der Waals surface area contributed by atoms with E-state index in [4.69, 9.17) is 4.74 Å². The Bertz CT molecular complexity index is 660. The van der Waals surface area contributed by atoms with Crippen molar-refractivity contribution in [2.24, 2.45) is 10.1 Å². The number of hydrazone groups is 1. The number of hydrogen-bond acceptors (Lipinski definition) is 7. The highest BCUT2D eigenvalue weighted by atomic mass is 32.1. The molecule has 2 amide bonds. The Balaban J connectivity index is 1.86. The number of nitrogens with one attached hydrogen (secondary N) is 1. The molecule has 0 saturated carbocycles. The maximum atomic E-state index is 12.3. The predicted molar refractivity (Wildman–Crippen MR) is 83.7 cm³/mol. The van der Waals surface area contributed by atoms with Gasteiger partial charge >= 0.3 is 6.03 Å². The van der Waals surface area contributed by atoms with Crippen LogP contribution in [0.25, 0.3) is 0 Å². The van der Waals surface area contributed by atoms with Gasteiger partial charge in [0.2, 0.25) is 0 Å². The van der Waals surface area contributed by atoms with E-state index in [1.165, 1.54) is 28.4 Å². The lowest BCUT2D eigenvalue weighted by Gasteiger charge is -2.30. The van der Waals surface area contributed by atoms with Crippen molar-refractivity contribution >= 4 is 28.9 Å². The first-order chi connectivity index (χ1) is 10.4. The van der Waals surface area contributed by atoms with Gasteiger partial charge in [-0.1, -0.05) is 20.8 Å². The molecule has 1 N–H and O–H groups in total. The molecule has 1 aromatic heterocycles. The molecular weight excluding hydrogens is 304 g/mol. The third-order valence-electron chi connectivity index (χ3n) is 3.31. The van der Waals surface area contributed by atoms with Crippen LogP contribution in [-0.4, -0.2) is 53.0 Å². The lowest BCUT2D eigenvalue weighted by Crippen LogP contribution is -2.55. The van der Waals surface area contributed by atoms with Gasteiger partial charge in [0.05, 0.1) is 5.69 Å². The van der Waals surface area contributed by atoms with Crippen LogP contribution in [0.1, 0.15) is 31.5 Å². The van der Waals surface area contributed by atoms with Gasteiger partial charge in [-0.15, -0.1) is 16.4 Å². The largest absolute Gasteiger partial charge is 0.362 e. The zero-order valence-corrected chi connectivity index (χ0v) is 13.8. The van der Waals surface area contributed by atoms with E-state index in [9.17, 15) is 4.79 Å². The molecule has 0 unspecified atom stereocenters. The summed E-state index contributed by atoms with van der Waals surface area (Å²) in [6.45, 7) is 6.70. The molecule has 0 saturated heterocycles. The van der Waals surface area contributed by atoms with Crippen molar-refractivity contribution in [1.82, 2.24) is 20.4 Å². The normalized spacial score (nSPS) is 18.1. The lowest BCUT2D eigenvalue weighted by atomic mass is 9.93. The molecule has 8 nitrogen and oxygen atoms in total. The van der Waals surface area contributed by atoms with E-state index in [0.29, 0.717) is 11.5 Å². The summed E-state index contributed by atoms with van der Waals surface area (Å²) in [6.07, 6.45) is 0. The number of hydrazine groups is 1. The van der Waals surface area contributed by atoms with Gasteiger partial charge in [0.25, 0.3) is 0 Å². The van der Waals surface area contributed by atoms with Crippen molar-refractivity contribution in [1.29, 1.82) is 0 Å². The van der Waals surface area contributed by atoms with Crippen molar-refractivity contribution in [2.45, 2.75) is 26.2 Å². The summed E-state index contributed by atoms with van der Waals surface area (Å²) in [5.41, 5.74) is 4.31. The molecule has 9 heteroatoms. The summed E-state index contributed by atoms with van der Waals surface area (Å²) in [7, 11) is 1.52. The number of amides is 2. The van der Waals surface area contributed by atoms with Gasteiger partial charge in [-0.05, 0) is 0 Å². The maximum absolute atomic E-state index is 12.3. The number of aliphatic imine (C=N–C) groups is 1. The molecule has 118 valence electrons. The second-order valence-corrected chi connectivity index (χ2v) is 6.89. The number of amidine groups is 1. The zero-order valence-electron chi connectivity index (χ0n) is 13.0. The fourth-order valence-corrected chi connectivity index (χ4v) is 3.12. The number of aromatic nitrogens is 1. The highest BCUT2D eigenvalue weighted by Crippen LogP contribution is 2.26. The van der Waals surface area contributed by atoms with Gasteiger partial charge in [0, 0.05) is 17.9 Å². The molecule has 2 aliphatic heterocycles. The molecule has 0 atom stereocenters. The summed E-state index contributed by atoms with van der Waals surface area (Å²) in [6, 6.07) is -0.238. The number of carbonyl (C=O) groups excluding carboxylic acids is 1. The molecule has 0 bridgehead atoms. The molecule has 0 aliphatic carbocycles. The SMILES string of the molecule is COCN1NN=C2C(c3nc(C(C)(C)C)cs3)=NCN2C1=O. The summed E-state index contributed by atoms with van der Waals surface area (Å²) in [4.78, 5) is 22.8. The Morgan fingerprint density at radius 1 is 1.45 bits per heavy atom. The standard InChI is InChI=1S/C13H18N6O2S/c1-13(2,3)8-5-22-11(15-8)9-10-16-17-19(7-21-4)12(20)18(10)6-14-9/h5,17H,6-7H2,1-4H3. The summed E-state index contributed by atoms with van der Waals surface area (Å²) >= 11 is 1.51. The fourth-order valence-electron chi connectivity index (χ4n) is 2.07. The average Bonchev–Trinajstić information content (AvgIpc) is 3.07. The Labute approximate surface area is 132 Å². The summed E-state index contributed by atoms with van der Waals surface area (Å²) in [5, 5.41) is 8.31. The molecule has 0 spiro atoms. The number of hydrogen-bond donors (Lipinski definition) is 1. The Kier molecular flexibility index (Phi) is 3.61. The van der Waals surface area contributed by atoms with Crippen LogP contribution in [0.4, 0.5) is 4.79 Å². The van der Waals surface area contributed by atoms with Gasteiger partial charge in [-0.3, -0.25) is 9.89 Å². The Morgan fingerprint density at radius 3 is 2.86 bits per heavy atom. The van der Waals surface area contributed by atoms with E-state index in [1.54, 1.807) is 0 Å². The molecule has 3 rings (SSSR count). The first-order valence-corrected chi connectivity index (χ1v) is 7.72. The minimum atomic E-state index is -0.238. The number of nitrogens with zero attached hydrogens (tertiary/aromatic N) is 5. The number of ether oxygens (including phenoxy) is 1. The lowest BCUT2D eigenvalue weighted by molar-refractivity contribution is 0.0405. The number of thiazole rings is 1. The van der Waals surface area contributed by atoms with E-state index in [1.807, 2.05) is 5.38 Å². The van der Waals surface area contributed by atoms with Crippen LogP contribution in [0.2, 0.25) is 0 Å². The highest BCUT2D eigenvalue weighted by molar-refractivity contribution is 7.12. The third-order valence-corrected chi connectivity index (χ3v) is 4.16. The van der Waals surface area contributed by atoms with Crippen molar-refractivity contribution in [3.63, 3.8) is 0 Å². The number of carbonyl (C=O) groups is 1. The molecule has 1 aromatic rings. The number of rotatable bonds is 3. The van der Waals surface area contributed by atoms with Crippen molar-refractivity contribution in [3.05, 3.63) is 16.1 Å². The Morgan fingerprint density at radius 2 is 2.23 bits per heavy atom. The third kappa shape index (κ3) is 2.46. The van der Waals surface area contributed by atoms with Crippen LogP contribution < -0.4 is 5.53 Å². The summed E-state index contributed by atoms with van der Waals surface area (Å²) < 4.78 is 4.95. The molecule has 0 aromatic carbocycles. The van der Waals surface area contributed by atoms with E-state index in [0.717, 1.165) is 10.7 Å². The second kappa shape index (κ2) is 5.33. The topological polar surface area (TPSA) is 82.4 Å². The molecular formula is C13H18N6O2S. The van der Waals surface area contributed by atoms with Crippen LogP contribution in [0, 0.1) is 0 Å². The fraction of sp³-hybridized carbons (Fsp3) is 0.538. The van der Waals surface area contributed by atoms with Crippen LogP contribution >= 0.6 is 11.3 Å². The molecule has 22 heavy (non-hydrogen) atoms. The molecule has 0 fully saturated rings. The van der Waals surface area contributed by atoms with Crippen molar-refractivity contribution < 1.29 is 9.53 Å². The van der Waals surface area contributed by atoms with Gasteiger partial charge in [0.15, 0.2) is 5.84 Å². The predicted octanol–water partition coefficient (Wildman–Crippen LogP) is 1.36. The average molecular weight is 322 g/mol. The Hall–Kier alpha value is -2.00. The second-order valence-electron chi connectivity index (χ2n) is 6.03. The molecule has 0 radical (unpaired) electrons. The monoisotopic (exact) mass is 322 g/mol. The van der Waals surface area contributed by atoms with Crippen molar-refractivity contribution in [2.75, 3.05) is 20.5 Å². The number of fused-ring (bicyclic) bond motifs is 1. The quantitative estimate of drug-likeness (QED) is 0.911. The minimum absolute atomic E-state index is 0.0225. The van der Waals surface area contributed by atoms with E-state index in [-0.39, 0.29) is 24.8 Å². The molecule has 3 heterocycles. The van der Waals surface area contributed by atoms with E-state index in [2.05, 4.69) is 41.4 Å². The first-order valence-electron chi connectivity index (χ1n) is 6.84. The van der Waals surface area contributed by atoms with Gasteiger partial charge in [-0.2, -0.15) is 5.01 Å². The van der Waals surface area contributed by atoms with Crippen molar-refractivity contribution in [3.8, 4) is 0 Å². The van der Waals surface area contributed by atoms with Crippen LogP contribution in [0.15, 0.2) is 15.5 Å². The van der Waals surface area contributed by atoms with E-state index >= 15 is 0 Å². The first kappa shape index (κ1) is 14.9. The van der Waals surface area contributed by atoms with Crippen LogP contribution in [0.3, 0.4) is 0 Å². The summed E-state index contributed by atoms with van der Waals surface area (Å²) in [5.74, 6) is 0.507. The van der Waals surface area contributed by atoms with Gasteiger partial charge < -0.3 is 4.74 Å². The van der Waals surface area contributed by atoms with Gasteiger partial charge in [0.1, 0.15) is 24.1 Å². The minimum Gasteiger partial charge on any atom is -0.362 e. The smallest absolute Gasteiger partial charge is 0.349 e. The highest BCUT2D eigenvalue weighted by Gasteiger charge is 2.37. The molecule has 2 aliphatic rings. The van der Waals surface area contributed by atoms with Crippen LogP contribution in [-0.2, 0) is 10.2 Å². The van der Waals surface area contributed by atoms with E-state index < -0.39 is 0 Å². The maximum Gasteiger partial charge on any atom is 0.349 e.